The van der Waals surface area contributed by atoms with Gasteiger partial charge in [-0.15, -0.1) is 0 Å². The molecule has 140 valence electrons. The molecule has 0 spiro atoms. The van der Waals surface area contributed by atoms with E-state index in [1.165, 1.54) is 18.6 Å². The summed E-state index contributed by atoms with van der Waals surface area (Å²) in [6, 6.07) is -0.915. The van der Waals surface area contributed by atoms with Gasteiger partial charge in [0.2, 0.25) is 5.28 Å². The van der Waals surface area contributed by atoms with Gasteiger partial charge in [-0.25, -0.2) is 28.5 Å². The Labute approximate surface area is 153 Å². The predicted octanol–water partition coefficient (Wildman–Crippen LogP) is 3.84. The van der Waals surface area contributed by atoms with Crippen LogP contribution in [0.25, 0.3) is 11.3 Å². The van der Waals surface area contributed by atoms with Crippen LogP contribution in [0.1, 0.15) is 39.1 Å². The van der Waals surface area contributed by atoms with Crippen LogP contribution in [0.3, 0.4) is 0 Å². The molecule has 1 fully saturated rings. The fraction of sp³-hybridized carbons (Fsp3) is 0.500. The molecule has 1 atom stereocenters. The van der Waals surface area contributed by atoms with E-state index in [-0.39, 0.29) is 11.1 Å². The van der Waals surface area contributed by atoms with Crippen molar-refractivity contribution >= 4 is 17.7 Å². The number of hydrogen-bond donors (Lipinski definition) is 1. The van der Waals surface area contributed by atoms with Crippen LogP contribution < -0.4 is 0 Å². The summed E-state index contributed by atoms with van der Waals surface area (Å²) >= 11 is 5.66. The molecule has 2 aromatic heterocycles. The summed E-state index contributed by atoms with van der Waals surface area (Å²) < 4.78 is 33.2. The molecule has 1 aliphatic heterocycles. The minimum absolute atomic E-state index is 0.0972. The maximum atomic E-state index is 14.0. The van der Waals surface area contributed by atoms with Crippen LogP contribution in [0.4, 0.5) is 13.6 Å². The molecule has 1 amide bonds. The van der Waals surface area contributed by atoms with Crippen molar-refractivity contribution in [3.05, 3.63) is 29.7 Å². The lowest BCUT2D eigenvalue weighted by Crippen LogP contribution is -2.38. The number of imidazole rings is 1. The van der Waals surface area contributed by atoms with Gasteiger partial charge in [-0.05, 0) is 32.4 Å². The van der Waals surface area contributed by atoms with E-state index in [2.05, 4.69) is 19.9 Å². The van der Waals surface area contributed by atoms with Crippen LogP contribution >= 0.6 is 11.6 Å². The molecule has 7 nitrogen and oxygen atoms in total. The molecule has 10 heteroatoms. The predicted molar refractivity (Wildman–Crippen MR) is 89.9 cm³/mol. The van der Waals surface area contributed by atoms with E-state index in [1.807, 2.05) is 0 Å². The van der Waals surface area contributed by atoms with E-state index in [9.17, 15) is 13.6 Å². The Kier molecular flexibility index (Phi) is 4.60. The maximum absolute atomic E-state index is 14.0. The Bertz CT molecular complexity index is 804. The summed E-state index contributed by atoms with van der Waals surface area (Å²) in [5.41, 5.74) is 0.354. The molecule has 1 aliphatic rings. The average molecular weight is 386 g/mol. The van der Waals surface area contributed by atoms with Gasteiger partial charge in [0.05, 0.1) is 24.5 Å². The third-order valence-corrected chi connectivity index (χ3v) is 3.94. The molecule has 0 unspecified atom stereocenters. The number of nitrogens with one attached hydrogen (secondary N) is 1. The fourth-order valence-electron chi connectivity index (χ4n) is 2.68. The zero-order chi connectivity index (χ0) is 19.1. The summed E-state index contributed by atoms with van der Waals surface area (Å²) in [6.45, 7) is 4.33. The van der Waals surface area contributed by atoms with Crippen molar-refractivity contribution in [1.82, 2.24) is 24.8 Å². The number of alkyl halides is 2. The Balaban J connectivity index is 1.86. The average Bonchev–Trinajstić information content (AvgIpc) is 3.10. The normalized spacial score (nSPS) is 19.6. The van der Waals surface area contributed by atoms with Crippen molar-refractivity contribution in [3.63, 3.8) is 0 Å². The molecular weight excluding hydrogens is 368 g/mol. The summed E-state index contributed by atoms with van der Waals surface area (Å²) in [5, 5.41) is 0.0972. The molecule has 3 heterocycles. The first-order valence-corrected chi connectivity index (χ1v) is 8.32. The summed E-state index contributed by atoms with van der Waals surface area (Å²) in [6.07, 6.45) is 3.12. The van der Waals surface area contributed by atoms with Crippen LogP contribution in [0.2, 0.25) is 5.28 Å². The fourth-order valence-corrected chi connectivity index (χ4v) is 2.78. The second kappa shape index (κ2) is 6.46. The largest absolute Gasteiger partial charge is 0.444 e. The van der Waals surface area contributed by atoms with Gasteiger partial charge in [0.1, 0.15) is 11.4 Å². The number of aromatic nitrogens is 4. The first-order valence-electron chi connectivity index (χ1n) is 7.94. The number of aromatic amines is 1. The SMILES string of the molecule is CC(C)(C)OC(=O)N1CC(F)(F)C[C@H]1c1ncc(-c2cnc(Cl)nc2)[nH]1. The highest BCUT2D eigenvalue weighted by molar-refractivity contribution is 6.28. The minimum atomic E-state index is -3.02. The van der Waals surface area contributed by atoms with Crippen LogP contribution in [-0.2, 0) is 4.74 Å². The Morgan fingerprint density at radius 1 is 1.31 bits per heavy atom. The van der Waals surface area contributed by atoms with Crippen LogP contribution in [-0.4, -0.2) is 49.0 Å². The highest BCUT2D eigenvalue weighted by atomic mass is 35.5. The monoisotopic (exact) mass is 385 g/mol. The molecule has 1 N–H and O–H groups in total. The number of halogens is 3. The van der Waals surface area contributed by atoms with Crippen molar-refractivity contribution in [1.29, 1.82) is 0 Å². The summed E-state index contributed by atoms with van der Waals surface area (Å²) in [4.78, 5) is 28.2. The van der Waals surface area contributed by atoms with E-state index in [0.29, 0.717) is 11.3 Å². The molecule has 2 aromatic rings. The number of nitrogens with zero attached hydrogens (tertiary/aromatic N) is 4. The number of H-pyrrole nitrogens is 1. The minimum Gasteiger partial charge on any atom is -0.444 e. The van der Waals surface area contributed by atoms with Crippen LogP contribution in [0, 0.1) is 0 Å². The zero-order valence-electron chi connectivity index (χ0n) is 14.5. The van der Waals surface area contributed by atoms with Gasteiger partial charge >= 0.3 is 6.09 Å². The summed E-state index contributed by atoms with van der Waals surface area (Å²) in [7, 11) is 0. The first-order chi connectivity index (χ1) is 12.0. The standard InChI is InChI=1S/C16H18ClF2N5O2/c1-15(2,3)26-14(25)24-8-16(18,19)4-11(24)12-20-7-10(23-12)9-5-21-13(17)22-6-9/h5-7,11H,4,8H2,1-3H3,(H,20,23)/t11-/m0/s1. The molecular formula is C16H18ClF2N5O2. The van der Waals surface area contributed by atoms with Gasteiger partial charge in [0.15, 0.2) is 0 Å². The number of ether oxygens (including phenoxy) is 1. The van der Waals surface area contributed by atoms with E-state index in [4.69, 9.17) is 16.3 Å². The highest BCUT2D eigenvalue weighted by Crippen LogP contribution is 2.41. The van der Waals surface area contributed by atoms with Gasteiger partial charge < -0.3 is 9.72 Å². The van der Waals surface area contributed by atoms with E-state index >= 15 is 0 Å². The van der Waals surface area contributed by atoms with E-state index in [0.717, 1.165) is 4.90 Å². The molecule has 3 rings (SSSR count). The lowest BCUT2D eigenvalue weighted by atomic mass is 10.2. The van der Waals surface area contributed by atoms with Gasteiger partial charge in [-0.3, -0.25) is 4.90 Å². The van der Waals surface area contributed by atoms with Gasteiger partial charge in [0, 0.05) is 24.4 Å². The Morgan fingerprint density at radius 2 is 1.96 bits per heavy atom. The first kappa shape index (κ1) is 18.5. The number of amides is 1. The lowest BCUT2D eigenvalue weighted by molar-refractivity contribution is -0.00248. The Morgan fingerprint density at radius 3 is 2.58 bits per heavy atom. The Hall–Kier alpha value is -2.29. The molecule has 0 radical (unpaired) electrons. The second-order valence-corrected chi connectivity index (χ2v) is 7.45. The van der Waals surface area contributed by atoms with Crippen molar-refractivity contribution in [3.8, 4) is 11.3 Å². The molecule has 0 aliphatic carbocycles. The maximum Gasteiger partial charge on any atom is 0.411 e. The van der Waals surface area contributed by atoms with E-state index < -0.39 is 36.6 Å². The topological polar surface area (TPSA) is 84.0 Å². The third-order valence-electron chi connectivity index (χ3n) is 3.74. The molecule has 0 bridgehead atoms. The van der Waals surface area contributed by atoms with Gasteiger partial charge in [-0.1, -0.05) is 0 Å². The molecule has 1 saturated heterocycles. The smallest absolute Gasteiger partial charge is 0.411 e. The van der Waals surface area contributed by atoms with Crippen molar-refractivity contribution in [2.24, 2.45) is 0 Å². The quantitative estimate of drug-likeness (QED) is 0.794. The number of carbonyl (C=O) groups excluding carboxylic acids is 1. The molecule has 0 saturated carbocycles. The number of likely N-dealkylation sites (tertiary alicyclic amines) is 1. The van der Waals surface area contributed by atoms with E-state index in [1.54, 1.807) is 20.8 Å². The zero-order valence-corrected chi connectivity index (χ0v) is 15.2. The van der Waals surface area contributed by atoms with Crippen LogP contribution in [0.15, 0.2) is 18.6 Å². The summed E-state index contributed by atoms with van der Waals surface area (Å²) in [5.74, 6) is -2.77. The number of hydrogen-bond acceptors (Lipinski definition) is 5. The van der Waals surface area contributed by atoms with Crippen LogP contribution in [0.5, 0.6) is 0 Å². The molecule has 26 heavy (non-hydrogen) atoms. The van der Waals surface area contributed by atoms with Crippen molar-refractivity contribution in [2.45, 2.75) is 44.8 Å². The van der Waals surface area contributed by atoms with Crippen molar-refractivity contribution in [2.75, 3.05) is 6.54 Å². The van der Waals surface area contributed by atoms with Gasteiger partial charge in [0.25, 0.3) is 5.92 Å². The van der Waals surface area contributed by atoms with Crippen molar-refractivity contribution < 1.29 is 18.3 Å². The number of rotatable bonds is 2. The molecule has 0 aromatic carbocycles. The highest BCUT2D eigenvalue weighted by Gasteiger charge is 2.49. The second-order valence-electron chi connectivity index (χ2n) is 7.11. The lowest BCUT2D eigenvalue weighted by Gasteiger charge is -2.27. The third kappa shape index (κ3) is 4.09. The van der Waals surface area contributed by atoms with Gasteiger partial charge in [-0.2, -0.15) is 0 Å². The number of carbonyl (C=O) groups is 1.